The summed E-state index contributed by atoms with van der Waals surface area (Å²) in [7, 11) is 0. The van der Waals surface area contributed by atoms with Crippen molar-refractivity contribution in [1.29, 1.82) is 0 Å². The quantitative estimate of drug-likeness (QED) is 0.695. The highest BCUT2D eigenvalue weighted by Crippen LogP contribution is 2.16. The minimum absolute atomic E-state index is 0.00380. The predicted molar refractivity (Wildman–Crippen MR) is 63.1 cm³/mol. The molecule has 0 aromatic rings. The number of carbonyl (C=O) groups excluding carboxylic acids is 2. The normalized spacial score (nSPS) is 21.4. The predicted octanol–water partition coefficient (Wildman–Crippen LogP) is 0.590. The Kier molecular flexibility index (Phi) is 5.19. The van der Waals surface area contributed by atoms with E-state index < -0.39 is 0 Å². The molecule has 1 heterocycles. The number of carbonyl (C=O) groups is 2. The summed E-state index contributed by atoms with van der Waals surface area (Å²) >= 11 is 0. The summed E-state index contributed by atoms with van der Waals surface area (Å²) in [5.74, 6) is 0.348. The van der Waals surface area contributed by atoms with Gasteiger partial charge in [-0.15, -0.1) is 6.58 Å². The van der Waals surface area contributed by atoms with E-state index in [0.717, 1.165) is 25.9 Å². The Morgan fingerprint density at radius 3 is 2.94 bits per heavy atom. The van der Waals surface area contributed by atoms with Crippen molar-refractivity contribution >= 4 is 11.7 Å². The highest BCUT2D eigenvalue weighted by atomic mass is 16.2. The van der Waals surface area contributed by atoms with Crippen molar-refractivity contribution in [3.05, 3.63) is 12.7 Å². The topological polar surface area (TPSA) is 49.4 Å². The van der Waals surface area contributed by atoms with Crippen LogP contribution in [0.5, 0.6) is 0 Å². The molecule has 0 radical (unpaired) electrons. The van der Waals surface area contributed by atoms with Crippen LogP contribution in [0.3, 0.4) is 0 Å². The van der Waals surface area contributed by atoms with Crippen LogP contribution >= 0.6 is 0 Å². The molecule has 4 heteroatoms. The van der Waals surface area contributed by atoms with Gasteiger partial charge in [-0.3, -0.25) is 14.5 Å². The molecular formula is C12H20N2O2. The van der Waals surface area contributed by atoms with Gasteiger partial charge >= 0.3 is 0 Å². The van der Waals surface area contributed by atoms with E-state index in [1.165, 1.54) is 0 Å². The van der Waals surface area contributed by atoms with Gasteiger partial charge < -0.3 is 5.32 Å². The summed E-state index contributed by atoms with van der Waals surface area (Å²) in [5.41, 5.74) is 0. The molecule has 0 aromatic heterocycles. The van der Waals surface area contributed by atoms with Crippen molar-refractivity contribution in [2.24, 2.45) is 5.92 Å². The standard InChI is InChI=1S/C12H20N2O2/c1-3-6-13-12(16)9-14-7-4-5-11(8-14)10(2)15/h3,11H,1,4-9H2,2H3,(H,13,16). The molecular weight excluding hydrogens is 204 g/mol. The molecule has 0 aliphatic carbocycles. The highest BCUT2D eigenvalue weighted by Gasteiger charge is 2.23. The molecule has 90 valence electrons. The number of hydrogen-bond donors (Lipinski definition) is 1. The molecule has 0 saturated carbocycles. The maximum atomic E-state index is 11.5. The lowest BCUT2D eigenvalue weighted by Gasteiger charge is -2.30. The zero-order valence-corrected chi connectivity index (χ0v) is 9.87. The summed E-state index contributed by atoms with van der Waals surface area (Å²) in [5, 5.41) is 2.74. The van der Waals surface area contributed by atoms with Crippen molar-refractivity contribution in [2.75, 3.05) is 26.2 Å². The maximum Gasteiger partial charge on any atom is 0.234 e. The average molecular weight is 224 g/mol. The minimum atomic E-state index is 0.00380. The summed E-state index contributed by atoms with van der Waals surface area (Å²) in [6.07, 6.45) is 3.62. The number of amides is 1. The lowest BCUT2D eigenvalue weighted by molar-refractivity contribution is -0.126. The van der Waals surface area contributed by atoms with E-state index in [1.807, 2.05) is 4.90 Å². The van der Waals surface area contributed by atoms with Gasteiger partial charge in [-0.05, 0) is 26.3 Å². The van der Waals surface area contributed by atoms with Crippen LogP contribution in [0.2, 0.25) is 0 Å². The third kappa shape index (κ3) is 4.14. The van der Waals surface area contributed by atoms with E-state index in [0.29, 0.717) is 13.1 Å². The summed E-state index contributed by atoms with van der Waals surface area (Å²) in [6, 6.07) is 0. The van der Waals surface area contributed by atoms with Crippen molar-refractivity contribution in [3.8, 4) is 0 Å². The second-order valence-electron chi connectivity index (χ2n) is 4.28. The minimum Gasteiger partial charge on any atom is -0.352 e. The van der Waals surface area contributed by atoms with E-state index in [9.17, 15) is 9.59 Å². The summed E-state index contributed by atoms with van der Waals surface area (Å²) < 4.78 is 0. The fraction of sp³-hybridized carbons (Fsp3) is 0.667. The van der Waals surface area contributed by atoms with E-state index in [1.54, 1.807) is 13.0 Å². The smallest absolute Gasteiger partial charge is 0.234 e. The molecule has 1 amide bonds. The lowest BCUT2D eigenvalue weighted by Crippen LogP contribution is -2.43. The Morgan fingerprint density at radius 1 is 1.56 bits per heavy atom. The maximum absolute atomic E-state index is 11.5. The molecule has 0 aromatic carbocycles. The van der Waals surface area contributed by atoms with Crippen LogP contribution in [-0.4, -0.2) is 42.8 Å². The van der Waals surface area contributed by atoms with Crippen LogP contribution in [0.4, 0.5) is 0 Å². The largest absolute Gasteiger partial charge is 0.352 e. The molecule has 1 atom stereocenters. The first kappa shape index (κ1) is 12.9. The van der Waals surface area contributed by atoms with Crippen molar-refractivity contribution in [3.63, 3.8) is 0 Å². The van der Waals surface area contributed by atoms with Gasteiger partial charge in [0.15, 0.2) is 0 Å². The van der Waals surface area contributed by atoms with Crippen LogP contribution < -0.4 is 5.32 Å². The molecule has 1 N–H and O–H groups in total. The number of hydrogen-bond acceptors (Lipinski definition) is 3. The van der Waals surface area contributed by atoms with Gasteiger partial charge in [0.2, 0.25) is 5.91 Å². The molecule has 1 aliphatic heterocycles. The fourth-order valence-electron chi connectivity index (χ4n) is 1.98. The molecule has 1 rings (SSSR count). The number of piperidine rings is 1. The number of rotatable bonds is 5. The first-order chi connectivity index (χ1) is 7.63. The highest BCUT2D eigenvalue weighted by molar-refractivity contribution is 5.79. The van der Waals surface area contributed by atoms with Gasteiger partial charge in [-0.1, -0.05) is 6.08 Å². The van der Waals surface area contributed by atoms with E-state index in [2.05, 4.69) is 11.9 Å². The third-order valence-electron chi connectivity index (χ3n) is 2.89. The van der Waals surface area contributed by atoms with Crippen LogP contribution in [0.25, 0.3) is 0 Å². The Labute approximate surface area is 96.7 Å². The number of likely N-dealkylation sites (tertiary alicyclic amines) is 1. The second kappa shape index (κ2) is 6.43. The lowest BCUT2D eigenvalue weighted by atomic mass is 9.95. The van der Waals surface area contributed by atoms with Gasteiger partial charge in [0.1, 0.15) is 5.78 Å². The molecule has 1 fully saturated rings. The third-order valence-corrected chi connectivity index (χ3v) is 2.89. The number of nitrogens with zero attached hydrogens (tertiary/aromatic N) is 1. The molecule has 0 bridgehead atoms. The van der Waals surface area contributed by atoms with Crippen LogP contribution in [0.15, 0.2) is 12.7 Å². The first-order valence-electron chi connectivity index (χ1n) is 5.74. The molecule has 1 unspecified atom stereocenters. The van der Waals surface area contributed by atoms with Gasteiger partial charge in [-0.25, -0.2) is 0 Å². The molecule has 0 spiro atoms. The Morgan fingerprint density at radius 2 is 2.31 bits per heavy atom. The Balaban J connectivity index is 2.33. The Hall–Kier alpha value is -1.16. The summed E-state index contributed by atoms with van der Waals surface area (Å²) in [4.78, 5) is 24.8. The number of Topliss-reactive ketones (excluding diaryl/α,β-unsaturated/α-hetero) is 1. The SMILES string of the molecule is C=CCNC(=O)CN1CCCC(C(C)=O)C1. The van der Waals surface area contributed by atoms with Gasteiger partial charge in [0, 0.05) is 19.0 Å². The Bertz CT molecular complexity index is 276. The number of nitrogens with one attached hydrogen (secondary N) is 1. The van der Waals surface area contributed by atoms with Crippen LogP contribution in [-0.2, 0) is 9.59 Å². The zero-order chi connectivity index (χ0) is 12.0. The molecule has 4 nitrogen and oxygen atoms in total. The van der Waals surface area contributed by atoms with Gasteiger partial charge in [0.05, 0.1) is 6.54 Å². The average Bonchev–Trinajstić information content (AvgIpc) is 2.26. The molecule has 16 heavy (non-hydrogen) atoms. The van der Waals surface area contributed by atoms with Crippen molar-refractivity contribution < 1.29 is 9.59 Å². The zero-order valence-electron chi connectivity index (χ0n) is 9.87. The van der Waals surface area contributed by atoms with Crippen molar-refractivity contribution in [2.45, 2.75) is 19.8 Å². The molecule has 1 saturated heterocycles. The molecule has 1 aliphatic rings. The van der Waals surface area contributed by atoms with Crippen LogP contribution in [0.1, 0.15) is 19.8 Å². The summed E-state index contributed by atoms with van der Waals surface area (Å²) in [6.45, 7) is 7.69. The van der Waals surface area contributed by atoms with Crippen molar-refractivity contribution in [1.82, 2.24) is 10.2 Å². The number of ketones is 1. The second-order valence-corrected chi connectivity index (χ2v) is 4.28. The van der Waals surface area contributed by atoms with Gasteiger partial charge in [0.25, 0.3) is 0 Å². The van der Waals surface area contributed by atoms with Crippen LogP contribution in [0, 0.1) is 5.92 Å². The van der Waals surface area contributed by atoms with E-state index >= 15 is 0 Å². The monoisotopic (exact) mass is 224 g/mol. The first-order valence-corrected chi connectivity index (χ1v) is 5.74. The fourth-order valence-corrected chi connectivity index (χ4v) is 1.98. The van der Waals surface area contributed by atoms with E-state index in [-0.39, 0.29) is 17.6 Å². The van der Waals surface area contributed by atoms with Gasteiger partial charge in [-0.2, -0.15) is 0 Å². The van der Waals surface area contributed by atoms with E-state index in [4.69, 9.17) is 0 Å².